The van der Waals surface area contributed by atoms with Gasteiger partial charge in [0.2, 0.25) is 0 Å². The molecule has 188 valence electrons. The highest BCUT2D eigenvalue weighted by Gasteiger charge is 2.45. The lowest BCUT2D eigenvalue weighted by Gasteiger charge is -2.44. The van der Waals surface area contributed by atoms with Crippen molar-refractivity contribution in [3.05, 3.63) is 86.5 Å². The van der Waals surface area contributed by atoms with Gasteiger partial charge in [-0.1, -0.05) is 41.9 Å². The average molecular weight is 554 g/mol. The summed E-state index contributed by atoms with van der Waals surface area (Å²) in [7, 11) is 1.60. The van der Waals surface area contributed by atoms with Gasteiger partial charge in [-0.3, -0.25) is 4.79 Å². The summed E-state index contributed by atoms with van der Waals surface area (Å²) in [6, 6.07) is 14.0. The van der Waals surface area contributed by atoms with Crippen LogP contribution in [-0.2, 0) is 16.1 Å². The van der Waals surface area contributed by atoms with Crippen LogP contribution in [0.4, 0.5) is 4.39 Å². The van der Waals surface area contributed by atoms with E-state index < -0.39 is 5.92 Å². The molecule has 2 aromatic rings. The molecular weight excluding hydrogens is 525 g/mol. The Hall–Kier alpha value is -3.15. The van der Waals surface area contributed by atoms with Gasteiger partial charge in [-0.2, -0.15) is 5.26 Å². The van der Waals surface area contributed by atoms with Gasteiger partial charge in [0.1, 0.15) is 24.0 Å². The van der Waals surface area contributed by atoms with Crippen molar-refractivity contribution in [2.45, 2.75) is 39.2 Å². The predicted octanol–water partition coefficient (Wildman–Crippen LogP) is 5.55. The van der Waals surface area contributed by atoms with E-state index in [0.29, 0.717) is 59.8 Å². The predicted molar refractivity (Wildman–Crippen MR) is 138 cm³/mol. The summed E-state index contributed by atoms with van der Waals surface area (Å²) in [6.45, 7) is 5.08. The highest BCUT2D eigenvalue weighted by molar-refractivity contribution is 9.10. The third-order valence-electron chi connectivity index (χ3n) is 6.57. The number of nitriles is 1. The van der Waals surface area contributed by atoms with Crippen molar-refractivity contribution in [1.82, 2.24) is 4.90 Å². The molecule has 0 saturated heterocycles. The molecule has 36 heavy (non-hydrogen) atoms. The SMILES string of the molecule is COCCN1C(N)=C(C#N)[C@H](c2cc(Br)ccc2OCc2cccc(F)c2)C2=C1CC(C)(C)CC2=O. The summed E-state index contributed by atoms with van der Waals surface area (Å²) >= 11 is 3.53. The molecule has 6 nitrogen and oxygen atoms in total. The zero-order chi connectivity index (χ0) is 26.0. The minimum absolute atomic E-state index is 0.00928. The molecule has 0 fully saturated rings. The number of nitrogens with two attached hydrogens (primary N) is 1. The maximum Gasteiger partial charge on any atom is 0.162 e. The number of ketones is 1. The second-order valence-corrected chi connectivity index (χ2v) is 10.8. The Kier molecular flexibility index (Phi) is 7.53. The molecule has 0 unspecified atom stereocenters. The molecule has 0 spiro atoms. The highest BCUT2D eigenvalue weighted by Crippen LogP contribution is 2.50. The summed E-state index contributed by atoms with van der Waals surface area (Å²) in [5, 5.41) is 10.2. The van der Waals surface area contributed by atoms with Gasteiger partial charge in [0, 0.05) is 41.4 Å². The quantitative estimate of drug-likeness (QED) is 0.483. The number of hydrogen-bond donors (Lipinski definition) is 1. The van der Waals surface area contributed by atoms with Crippen LogP contribution in [0.1, 0.15) is 43.7 Å². The third kappa shape index (κ3) is 5.18. The molecule has 0 aromatic heterocycles. The van der Waals surface area contributed by atoms with Gasteiger partial charge < -0.3 is 20.1 Å². The summed E-state index contributed by atoms with van der Waals surface area (Å²) in [5.41, 5.74) is 9.38. The Morgan fingerprint density at radius 2 is 2.03 bits per heavy atom. The van der Waals surface area contributed by atoms with Crippen molar-refractivity contribution in [2.24, 2.45) is 11.1 Å². The van der Waals surface area contributed by atoms with Crippen molar-refractivity contribution in [3.63, 3.8) is 0 Å². The van der Waals surface area contributed by atoms with Crippen LogP contribution in [0.2, 0.25) is 0 Å². The normalized spacial score (nSPS) is 19.3. The Morgan fingerprint density at radius 1 is 1.25 bits per heavy atom. The first-order chi connectivity index (χ1) is 17.1. The van der Waals surface area contributed by atoms with Crippen LogP contribution in [-0.4, -0.2) is 30.9 Å². The third-order valence-corrected chi connectivity index (χ3v) is 7.07. The number of methoxy groups -OCH3 is 1. The van der Waals surface area contributed by atoms with E-state index in [0.717, 1.165) is 10.2 Å². The van der Waals surface area contributed by atoms with Crippen LogP contribution < -0.4 is 10.5 Å². The van der Waals surface area contributed by atoms with Crippen LogP contribution in [0.3, 0.4) is 0 Å². The number of allylic oxidation sites excluding steroid dienone is 3. The lowest BCUT2D eigenvalue weighted by Crippen LogP contribution is -2.43. The zero-order valence-electron chi connectivity index (χ0n) is 20.6. The molecule has 4 rings (SSSR count). The largest absolute Gasteiger partial charge is 0.489 e. The topological polar surface area (TPSA) is 88.6 Å². The number of halogens is 2. The molecule has 1 atom stereocenters. The van der Waals surface area contributed by atoms with E-state index in [4.69, 9.17) is 15.2 Å². The lowest BCUT2D eigenvalue weighted by molar-refractivity contribution is -0.118. The van der Waals surface area contributed by atoms with Gasteiger partial charge in [-0.25, -0.2) is 4.39 Å². The first kappa shape index (κ1) is 25.9. The van der Waals surface area contributed by atoms with E-state index in [1.807, 2.05) is 17.0 Å². The molecule has 0 radical (unpaired) electrons. The molecule has 2 aliphatic rings. The van der Waals surface area contributed by atoms with Crippen molar-refractivity contribution in [2.75, 3.05) is 20.3 Å². The molecule has 1 aliphatic heterocycles. The smallest absolute Gasteiger partial charge is 0.162 e. The minimum Gasteiger partial charge on any atom is -0.489 e. The Labute approximate surface area is 219 Å². The number of nitrogens with zero attached hydrogens (tertiary/aromatic N) is 2. The number of carbonyl (C=O) groups is 1. The number of rotatable bonds is 7. The average Bonchev–Trinajstić information content (AvgIpc) is 2.81. The summed E-state index contributed by atoms with van der Waals surface area (Å²) < 4.78 is 25.9. The molecule has 8 heteroatoms. The van der Waals surface area contributed by atoms with Crippen LogP contribution in [0.5, 0.6) is 5.75 Å². The van der Waals surface area contributed by atoms with Crippen molar-refractivity contribution >= 4 is 21.7 Å². The second-order valence-electron chi connectivity index (χ2n) is 9.89. The molecule has 0 amide bonds. The van der Waals surface area contributed by atoms with Gasteiger partial charge in [-0.05, 0) is 47.7 Å². The maximum absolute atomic E-state index is 13.7. The highest BCUT2D eigenvalue weighted by atomic mass is 79.9. The zero-order valence-corrected chi connectivity index (χ0v) is 22.2. The van der Waals surface area contributed by atoms with E-state index in [1.165, 1.54) is 12.1 Å². The van der Waals surface area contributed by atoms with Crippen molar-refractivity contribution < 1.29 is 18.7 Å². The van der Waals surface area contributed by atoms with Gasteiger partial charge in [0.25, 0.3) is 0 Å². The maximum atomic E-state index is 13.7. The number of hydrogen-bond acceptors (Lipinski definition) is 6. The van der Waals surface area contributed by atoms with E-state index in [9.17, 15) is 14.4 Å². The van der Waals surface area contributed by atoms with E-state index in [2.05, 4.69) is 35.8 Å². The molecule has 2 aromatic carbocycles. The lowest BCUT2D eigenvalue weighted by atomic mass is 9.68. The molecule has 2 N–H and O–H groups in total. The second kappa shape index (κ2) is 10.5. The van der Waals surface area contributed by atoms with E-state index >= 15 is 0 Å². The molecule has 0 bridgehead atoms. The summed E-state index contributed by atoms with van der Waals surface area (Å²) in [4.78, 5) is 15.5. The van der Waals surface area contributed by atoms with Crippen LogP contribution >= 0.6 is 15.9 Å². The van der Waals surface area contributed by atoms with Crippen LogP contribution in [0.25, 0.3) is 0 Å². The van der Waals surface area contributed by atoms with E-state index in [1.54, 1.807) is 25.3 Å². The molecule has 1 heterocycles. The number of benzene rings is 2. The number of carbonyl (C=O) groups excluding carboxylic acids is 1. The monoisotopic (exact) mass is 553 g/mol. The van der Waals surface area contributed by atoms with Crippen molar-refractivity contribution in [1.29, 1.82) is 5.26 Å². The fourth-order valence-corrected chi connectivity index (χ4v) is 5.37. The summed E-state index contributed by atoms with van der Waals surface area (Å²) in [6.07, 6.45) is 1.01. The van der Waals surface area contributed by atoms with Gasteiger partial charge >= 0.3 is 0 Å². The van der Waals surface area contributed by atoms with Gasteiger partial charge in [-0.15, -0.1) is 0 Å². The van der Waals surface area contributed by atoms with Crippen LogP contribution in [0.15, 0.2) is 69.6 Å². The van der Waals surface area contributed by atoms with Gasteiger partial charge in [0.15, 0.2) is 5.78 Å². The number of ether oxygens (including phenoxy) is 2. The standard InChI is InChI=1S/C28H29BrFN3O3/c1-28(2)13-22-26(23(34)14-28)25(21(15-31)27(32)33(22)9-10-35-3)20-12-18(29)7-8-24(20)36-16-17-5-4-6-19(30)11-17/h4-8,11-12,25H,9-10,13-14,16,32H2,1-3H3/t25-/m0/s1. The van der Waals surface area contributed by atoms with Gasteiger partial charge in [0.05, 0.1) is 24.2 Å². The first-order valence-corrected chi connectivity index (χ1v) is 12.5. The fourth-order valence-electron chi connectivity index (χ4n) is 4.99. The Morgan fingerprint density at radius 3 is 2.72 bits per heavy atom. The molecular formula is C28H29BrFN3O3. The fraction of sp³-hybridized carbons (Fsp3) is 0.357. The molecule has 0 saturated carbocycles. The Balaban J connectivity index is 1.85. The van der Waals surface area contributed by atoms with Crippen molar-refractivity contribution in [3.8, 4) is 11.8 Å². The van der Waals surface area contributed by atoms with E-state index in [-0.39, 0.29) is 23.6 Å². The Bertz CT molecular complexity index is 1300. The van der Waals surface area contributed by atoms with Crippen LogP contribution in [0, 0.1) is 22.6 Å². The minimum atomic E-state index is -0.674. The summed E-state index contributed by atoms with van der Waals surface area (Å²) in [5.74, 6) is -0.205. The first-order valence-electron chi connectivity index (χ1n) is 11.7. The molecule has 1 aliphatic carbocycles. The number of Topliss-reactive ketones (excluding diaryl/α,β-unsaturated/α-hetero) is 1.